The molecule has 1 fully saturated rings. The zero-order chi connectivity index (χ0) is 12.1. The van der Waals surface area contributed by atoms with E-state index in [9.17, 15) is 0 Å². The van der Waals surface area contributed by atoms with Crippen LogP contribution in [-0.4, -0.2) is 26.7 Å². The molecule has 0 spiro atoms. The Hall–Kier alpha value is -0.570. The van der Waals surface area contributed by atoms with Gasteiger partial charge in [0.15, 0.2) is 0 Å². The highest BCUT2D eigenvalue weighted by Gasteiger charge is 2.25. The molecule has 17 heavy (non-hydrogen) atoms. The average molecular weight is 253 g/mol. The van der Waals surface area contributed by atoms with Crippen molar-refractivity contribution in [1.29, 1.82) is 0 Å². The average Bonchev–Trinajstić information content (AvgIpc) is 2.38. The lowest BCUT2D eigenvalue weighted by Gasteiger charge is -2.31. The first-order valence-electron chi connectivity index (χ1n) is 6.42. The Morgan fingerprint density at radius 3 is 2.71 bits per heavy atom. The second-order valence-corrected chi connectivity index (χ2v) is 5.18. The highest BCUT2D eigenvalue weighted by molar-refractivity contribution is 6.31. The molecule has 0 bridgehead atoms. The number of halogens is 1. The van der Waals surface area contributed by atoms with Crippen molar-refractivity contribution in [3.05, 3.63) is 34.9 Å². The Morgan fingerprint density at radius 1 is 1.35 bits per heavy atom. The summed E-state index contributed by atoms with van der Waals surface area (Å²) >= 11 is 6.33. The second-order valence-electron chi connectivity index (χ2n) is 4.77. The van der Waals surface area contributed by atoms with Gasteiger partial charge in [0.05, 0.1) is 0 Å². The molecule has 2 N–H and O–H groups in total. The summed E-state index contributed by atoms with van der Waals surface area (Å²) in [6.45, 7) is 3.28. The molecule has 1 saturated heterocycles. The number of piperidine rings is 1. The monoisotopic (exact) mass is 252 g/mol. The van der Waals surface area contributed by atoms with E-state index in [4.69, 9.17) is 11.6 Å². The van der Waals surface area contributed by atoms with E-state index in [1.807, 2.05) is 19.2 Å². The summed E-state index contributed by atoms with van der Waals surface area (Å²) in [4.78, 5) is 0. The summed E-state index contributed by atoms with van der Waals surface area (Å²) < 4.78 is 0. The first kappa shape index (κ1) is 12.9. The lowest BCUT2D eigenvalue weighted by atomic mass is 9.80. The van der Waals surface area contributed by atoms with Gasteiger partial charge in [-0.25, -0.2) is 0 Å². The van der Waals surface area contributed by atoms with Gasteiger partial charge in [0.2, 0.25) is 0 Å². The van der Waals surface area contributed by atoms with E-state index in [0.717, 1.165) is 30.6 Å². The maximum absolute atomic E-state index is 6.33. The predicted octanol–water partition coefficient (Wildman–Crippen LogP) is 2.64. The summed E-state index contributed by atoms with van der Waals surface area (Å²) in [5.41, 5.74) is 1.30. The Balaban J connectivity index is 2.18. The van der Waals surface area contributed by atoms with Crippen LogP contribution in [0.25, 0.3) is 0 Å². The van der Waals surface area contributed by atoms with Crippen LogP contribution in [-0.2, 0) is 0 Å². The minimum Gasteiger partial charge on any atom is -0.319 e. The van der Waals surface area contributed by atoms with Crippen molar-refractivity contribution in [3.8, 4) is 0 Å². The van der Waals surface area contributed by atoms with E-state index in [0.29, 0.717) is 5.92 Å². The lowest BCUT2D eigenvalue weighted by molar-refractivity contribution is 0.313. The molecule has 1 aliphatic rings. The van der Waals surface area contributed by atoms with E-state index in [-0.39, 0.29) is 0 Å². The fraction of sp³-hybridized carbons (Fsp3) is 0.571. The van der Waals surface area contributed by atoms with Crippen LogP contribution in [0.4, 0.5) is 0 Å². The van der Waals surface area contributed by atoms with Crippen molar-refractivity contribution in [1.82, 2.24) is 10.6 Å². The third-order valence-corrected chi connectivity index (χ3v) is 4.03. The second kappa shape index (κ2) is 6.39. The zero-order valence-electron chi connectivity index (χ0n) is 10.4. The normalized spacial score (nSPS) is 19.2. The largest absolute Gasteiger partial charge is 0.319 e. The van der Waals surface area contributed by atoms with Crippen LogP contribution in [0.5, 0.6) is 0 Å². The SMILES string of the molecule is CNCC(c1ccccc1Cl)C1CCNCC1. The van der Waals surface area contributed by atoms with Crippen molar-refractivity contribution in [2.45, 2.75) is 18.8 Å². The van der Waals surface area contributed by atoms with Gasteiger partial charge in [-0.1, -0.05) is 29.8 Å². The van der Waals surface area contributed by atoms with Gasteiger partial charge < -0.3 is 10.6 Å². The standard InChI is InChI=1S/C14H21ClN2/c1-16-10-13(11-6-8-17-9-7-11)12-4-2-3-5-14(12)15/h2-5,11,13,16-17H,6-10H2,1H3. The van der Waals surface area contributed by atoms with Crippen LogP contribution >= 0.6 is 11.6 Å². The summed E-state index contributed by atoms with van der Waals surface area (Å²) in [6, 6.07) is 8.27. The fourth-order valence-electron chi connectivity index (χ4n) is 2.77. The number of rotatable bonds is 4. The van der Waals surface area contributed by atoms with Crippen molar-refractivity contribution < 1.29 is 0 Å². The molecule has 1 aromatic rings. The molecule has 1 unspecified atom stereocenters. The molecule has 1 aliphatic heterocycles. The van der Waals surface area contributed by atoms with E-state index in [2.05, 4.69) is 22.8 Å². The van der Waals surface area contributed by atoms with Gasteiger partial charge in [0.25, 0.3) is 0 Å². The third kappa shape index (κ3) is 3.21. The molecule has 0 radical (unpaired) electrons. The lowest BCUT2D eigenvalue weighted by Crippen LogP contribution is -2.34. The van der Waals surface area contributed by atoms with Gasteiger partial charge in [-0.15, -0.1) is 0 Å². The van der Waals surface area contributed by atoms with Crippen molar-refractivity contribution in [3.63, 3.8) is 0 Å². The molecular weight excluding hydrogens is 232 g/mol. The molecule has 1 atom stereocenters. The van der Waals surface area contributed by atoms with Crippen molar-refractivity contribution >= 4 is 11.6 Å². The minimum atomic E-state index is 0.538. The highest BCUT2D eigenvalue weighted by atomic mass is 35.5. The Morgan fingerprint density at radius 2 is 2.06 bits per heavy atom. The number of hydrogen-bond acceptors (Lipinski definition) is 2. The summed E-state index contributed by atoms with van der Waals surface area (Å²) in [7, 11) is 2.02. The Kier molecular flexibility index (Phi) is 4.84. The molecule has 94 valence electrons. The van der Waals surface area contributed by atoms with Gasteiger partial charge >= 0.3 is 0 Å². The van der Waals surface area contributed by atoms with E-state index >= 15 is 0 Å². The minimum absolute atomic E-state index is 0.538. The van der Waals surface area contributed by atoms with E-state index in [1.165, 1.54) is 18.4 Å². The van der Waals surface area contributed by atoms with Crippen LogP contribution in [0.1, 0.15) is 24.3 Å². The van der Waals surface area contributed by atoms with Crippen LogP contribution < -0.4 is 10.6 Å². The molecular formula is C14H21ClN2. The molecule has 0 aromatic heterocycles. The molecule has 0 amide bonds. The summed E-state index contributed by atoms with van der Waals surface area (Å²) in [5.74, 6) is 1.28. The quantitative estimate of drug-likeness (QED) is 0.861. The molecule has 0 aliphatic carbocycles. The molecule has 0 saturated carbocycles. The van der Waals surface area contributed by atoms with Crippen LogP contribution in [0.2, 0.25) is 5.02 Å². The zero-order valence-corrected chi connectivity index (χ0v) is 11.1. The smallest absolute Gasteiger partial charge is 0.0441 e. The molecule has 2 nitrogen and oxygen atoms in total. The van der Waals surface area contributed by atoms with Gasteiger partial charge in [0, 0.05) is 17.5 Å². The van der Waals surface area contributed by atoms with Crippen LogP contribution in [0.3, 0.4) is 0 Å². The first-order valence-corrected chi connectivity index (χ1v) is 6.80. The number of benzene rings is 1. The van der Waals surface area contributed by atoms with Crippen LogP contribution in [0.15, 0.2) is 24.3 Å². The van der Waals surface area contributed by atoms with Gasteiger partial charge in [-0.2, -0.15) is 0 Å². The fourth-order valence-corrected chi connectivity index (χ4v) is 3.05. The number of nitrogens with one attached hydrogen (secondary N) is 2. The van der Waals surface area contributed by atoms with E-state index < -0.39 is 0 Å². The maximum Gasteiger partial charge on any atom is 0.0441 e. The maximum atomic E-state index is 6.33. The third-order valence-electron chi connectivity index (χ3n) is 3.68. The van der Waals surface area contributed by atoms with Gasteiger partial charge in [0.1, 0.15) is 0 Å². The van der Waals surface area contributed by atoms with E-state index in [1.54, 1.807) is 0 Å². The van der Waals surface area contributed by atoms with Crippen LogP contribution in [0, 0.1) is 5.92 Å². The number of likely N-dealkylation sites (N-methyl/N-ethyl adjacent to an activating group) is 1. The molecule has 2 rings (SSSR count). The Labute approximate surface area is 109 Å². The van der Waals surface area contributed by atoms with Crippen molar-refractivity contribution in [2.75, 3.05) is 26.7 Å². The summed E-state index contributed by atoms with van der Waals surface area (Å²) in [6.07, 6.45) is 2.50. The molecule has 1 heterocycles. The molecule has 1 aromatic carbocycles. The summed E-state index contributed by atoms with van der Waals surface area (Å²) in [5, 5.41) is 7.64. The number of hydrogen-bond donors (Lipinski definition) is 2. The Bertz CT molecular complexity index is 348. The first-order chi connectivity index (χ1) is 8.33. The van der Waals surface area contributed by atoms with Gasteiger partial charge in [-0.3, -0.25) is 0 Å². The molecule has 3 heteroatoms. The van der Waals surface area contributed by atoms with Crippen molar-refractivity contribution in [2.24, 2.45) is 5.92 Å². The van der Waals surface area contributed by atoms with Gasteiger partial charge in [-0.05, 0) is 50.5 Å². The predicted molar refractivity (Wildman–Crippen MR) is 73.7 cm³/mol. The topological polar surface area (TPSA) is 24.1 Å². The highest BCUT2D eigenvalue weighted by Crippen LogP contribution is 2.34.